The van der Waals surface area contributed by atoms with Crippen molar-refractivity contribution in [2.45, 2.75) is 83.2 Å². The number of fused-ring (bicyclic) bond motifs is 1. The fourth-order valence-corrected chi connectivity index (χ4v) is 5.47. The summed E-state index contributed by atoms with van der Waals surface area (Å²) in [5, 5.41) is 8.11. The van der Waals surface area contributed by atoms with Gasteiger partial charge in [-0.15, -0.1) is 0 Å². The van der Waals surface area contributed by atoms with Crippen molar-refractivity contribution in [3.05, 3.63) is 70.7 Å². The van der Waals surface area contributed by atoms with Gasteiger partial charge in [-0.25, -0.2) is 5.01 Å². The van der Waals surface area contributed by atoms with Crippen LogP contribution in [0.25, 0.3) is 0 Å². The van der Waals surface area contributed by atoms with Gasteiger partial charge in [-0.2, -0.15) is 0 Å². The van der Waals surface area contributed by atoms with Crippen molar-refractivity contribution in [1.29, 1.82) is 0 Å². The SMILES string of the molecule is CC(C)(C)OC(=O)CC(NC(=O)C1CCCN2C(=O)CCC(NC(=O)c3ccccc3)C(=O)N12)C(=O)COCc1ccccc1Cl. The first-order valence-corrected chi connectivity index (χ1v) is 15.6. The highest BCUT2D eigenvalue weighted by Gasteiger charge is 2.45. The lowest BCUT2D eigenvalue weighted by Gasteiger charge is -2.43. The molecule has 0 radical (unpaired) electrons. The Morgan fingerprint density at radius 3 is 2.39 bits per heavy atom. The zero-order valence-corrected chi connectivity index (χ0v) is 26.9. The summed E-state index contributed by atoms with van der Waals surface area (Å²) in [7, 11) is 0. The van der Waals surface area contributed by atoms with Gasteiger partial charge in [0.2, 0.25) is 11.8 Å². The van der Waals surface area contributed by atoms with Gasteiger partial charge < -0.3 is 20.1 Å². The predicted octanol–water partition coefficient (Wildman–Crippen LogP) is 2.97. The third kappa shape index (κ3) is 9.13. The molecule has 4 amide bonds. The van der Waals surface area contributed by atoms with E-state index in [4.69, 9.17) is 21.1 Å². The largest absolute Gasteiger partial charge is 0.460 e. The lowest BCUT2D eigenvalue weighted by Crippen LogP contribution is -2.64. The fraction of sp³-hybridized carbons (Fsp3) is 0.455. The zero-order chi connectivity index (χ0) is 33.4. The number of carbonyl (C=O) groups is 6. The average Bonchev–Trinajstić information content (AvgIpc) is 3.13. The summed E-state index contributed by atoms with van der Waals surface area (Å²) in [6.45, 7) is 4.83. The Hall–Kier alpha value is -4.29. The van der Waals surface area contributed by atoms with Gasteiger partial charge in [0.25, 0.3) is 11.8 Å². The minimum absolute atomic E-state index is 0.0150. The van der Waals surface area contributed by atoms with E-state index in [2.05, 4.69) is 10.6 Å². The van der Waals surface area contributed by atoms with Crippen LogP contribution in [0.4, 0.5) is 0 Å². The Bertz CT molecular complexity index is 1460. The molecule has 246 valence electrons. The van der Waals surface area contributed by atoms with E-state index in [0.29, 0.717) is 22.6 Å². The number of halogens is 1. The second kappa shape index (κ2) is 15.3. The van der Waals surface area contributed by atoms with Crippen molar-refractivity contribution in [2.24, 2.45) is 0 Å². The number of hydrogen-bond acceptors (Lipinski definition) is 8. The maximum absolute atomic E-state index is 13.8. The molecule has 3 atom stereocenters. The Morgan fingerprint density at radius 2 is 1.70 bits per heavy atom. The van der Waals surface area contributed by atoms with Crippen molar-refractivity contribution in [1.82, 2.24) is 20.7 Å². The number of rotatable bonds is 11. The Morgan fingerprint density at radius 1 is 1.00 bits per heavy atom. The minimum Gasteiger partial charge on any atom is -0.460 e. The smallest absolute Gasteiger partial charge is 0.308 e. The first-order chi connectivity index (χ1) is 21.8. The summed E-state index contributed by atoms with van der Waals surface area (Å²) >= 11 is 6.18. The molecule has 2 fully saturated rings. The number of carbonyl (C=O) groups excluding carboxylic acids is 6. The van der Waals surface area contributed by atoms with Crippen molar-refractivity contribution >= 4 is 47.0 Å². The molecule has 0 aromatic heterocycles. The van der Waals surface area contributed by atoms with Crippen molar-refractivity contribution in [3.63, 3.8) is 0 Å². The monoisotopic (exact) mass is 654 g/mol. The predicted molar refractivity (Wildman–Crippen MR) is 167 cm³/mol. The number of benzene rings is 2. The molecule has 0 spiro atoms. The number of Topliss-reactive ketones (excluding diaryl/α,β-unsaturated/α-hetero) is 1. The number of nitrogens with zero attached hydrogens (tertiary/aromatic N) is 2. The summed E-state index contributed by atoms with van der Waals surface area (Å²) in [6.07, 6.45) is 0.173. The van der Waals surface area contributed by atoms with E-state index in [9.17, 15) is 28.8 Å². The van der Waals surface area contributed by atoms with Gasteiger partial charge >= 0.3 is 5.97 Å². The lowest BCUT2D eigenvalue weighted by molar-refractivity contribution is -0.176. The normalized spacial score (nSPS) is 19.0. The molecule has 12 nitrogen and oxygen atoms in total. The highest BCUT2D eigenvalue weighted by Crippen LogP contribution is 2.26. The van der Waals surface area contributed by atoms with Crippen LogP contribution in [0.1, 0.15) is 68.8 Å². The van der Waals surface area contributed by atoms with Gasteiger partial charge in [0.15, 0.2) is 5.78 Å². The van der Waals surface area contributed by atoms with E-state index in [0.717, 1.165) is 5.01 Å². The maximum atomic E-state index is 13.8. The summed E-state index contributed by atoms with van der Waals surface area (Å²) in [6, 6.07) is 11.7. The molecule has 46 heavy (non-hydrogen) atoms. The van der Waals surface area contributed by atoms with E-state index < -0.39 is 66.2 Å². The highest BCUT2D eigenvalue weighted by atomic mass is 35.5. The second-order valence-corrected chi connectivity index (χ2v) is 12.6. The van der Waals surface area contributed by atoms with Crippen LogP contribution in [-0.2, 0) is 40.1 Å². The molecular weight excluding hydrogens is 616 g/mol. The van der Waals surface area contributed by atoms with Crippen LogP contribution in [0.5, 0.6) is 0 Å². The standard InChI is InChI=1S/C33H39ClN4O8/c1-33(2,3)46-29(41)18-25(27(39)20-45-19-22-12-7-8-13-23(22)34)36-31(43)26-14-9-17-37-28(40)16-15-24(32(44)38(26)37)35-30(42)21-10-5-4-6-11-21/h4-8,10-13,24-26H,9,14-20H2,1-3H3,(H,35,42)(H,36,43). The van der Waals surface area contributed by atoms with Gasteiger partial charge in [-0.05, 0) is 63.8 Å². The first-order valence-electron chi connectivity index (χ1n) is 15.2. The van der Waals surface area contributed by atoms with Gasteiger partial charge in [0, 0.05) is 23.6 Å². The topological polar surface area (TPSA) is 151 Å². The van der Waals surface area contributed by atoms with Gasteiger partial charge in [-0.3, -0.25) is 33.8 Å². The number of ketones is 1. The van der Waals surface area contributed by atoms with Crippen LogP contribution in [0.15, 0.2) is 54.6 Å². The molecule has 2 aliphatic heterocycles. The number of amides is 4. The summed E-state index contributed by atoms with van der Waals surface area (Å²) in [4.78, 5) is 79.7. The molecule has 2 aliphatic rings. The van der Waals surface area contributed by atoms with Crippen LogP contribution in [0.2, 0.25) is 5.02 Å². The molecular formula is C33H39ClN4O8. The molecule has 0 aliphatic carbocycles. The summed E-state index contributed by atoms with van der Waals surface area (Å²) in [5.41, 5.74) is 0.165. The number of ether oxygens (including phenoxy) is 2. The molecule has 13 heteroatoms. The van der Waals surface area contributed by atoms with E-state index in [1.165, 1.54) is 5.01 Å². The van der Waals surface area contributed by atoms with Gasteiger partial charge in [0.05, 0.1) is 13.0 Å². The second-order valence-electron chi connectivity index (χ2n) is 12.2. The van der Waals surface area contributed by atoms with Gasteiger partial charge in [-0.1, -0.05) is 48.0 Å². The number of hydrazine groups is 1. The van der Waals surface area contributed by atoms with Crippen LogP contribution in [0, 0.1) is 0 Å². The average molecular weight is 655 g/mol. The Balaban J connectivity index is 1.51. The summed E-state index contributed by atoms with van der Waals surface area (Å²) < 4.78 is 11.0. The Kier molecular flexibility index (Phi) is 11.5. The van der Waals surface area contributed by atoms with Crippen LogP contribution in [-0.4, -0.2) is 82.3 Å². The van der Waals surface area contributed by atoms with Crippen LogP contribution in [0.3, 0.4) is 0 Å². The molecule has 0 saturated carbocycles. The first kappa shape index (κ1) is 34.6. The zero-order valence-electron chi connectivity index (χ0n) is 26.1. The highest BCUT2D eigenvalue weighted by molar-refractivity contribution is 6.31. The third-order valence-electron chi connectivity index (χ3n) is 7.46. The fourth-order valence-electron chi connectivity index (χ4n) is 5.28. The van der Waals surface area contributed by atoms with E-state index >= 15 is 0 Å². The van der Waals surface area contributed by atoms with Crippen molar-refractivity contribution < 1.29 is 38.2 Å². The van der Waals surface area contributed by atoms with Crippen molar-refractivity contribution in [2.75, 3.05) is 13.2 Å². The summed E-state index contributed by atoms with van der Waals surface area (Å²) in [5.74, 6) is -3.51. The Labute approximate surface area is 272 Å². The molecule has 2 aromatic rings. The van der Waals surface area contributed by atoms with E-state index in [1.807, 2.05) is 0 Å². The molecule has 4 rings (SSSR count). The van der Waals surface area contributed by atoms with E-state index in [1.54, 1.807) is 75.4 Å². The number of hydrogen-bond donors (Lipinski definition) is 2. The van der Waals surface area contributed by atoms with Gasteiger partial charge in [0.1, 0.15) is 30.3 Å². The van der Waals surface area contributed by atoms with Crippen LogP contribution >= 0.6 is 11.6 Å². The number of esters is 1. The molecule has 2 aromatic carbocycles. The molecule has 2 heterocycles. The molecule has 3 unspecified atom stereocenters. The quantitative estimate of drug-likeness (QED) is 0.351. The molecule has 2 saturated heterocycles. The number of nitrogens with one attached hydrogen (secondary N) is 2. The van der Waals surface area contributed by atoms with E-state index in [-0.39, 0.29) is 38.3 Å². The lowest BCUT2D eigenvalue weighted by atomic mass is 10.0. The van der Waals surface area contributed by atoms with Crippen molar-refractivity contribution in [3.8, 4) is 0 Å². The molecule has 0 bridgehead atoms. The minimum atomic E-state index is -1.34. The molecule has 2 N–H and O–H groups in total. The third-order valence-corrected chi connectivity index (χ3v) is 7.83. The van der Waals surface area contributed by atoms with Crippen LogP contribution < -0.4 is 10.6 Å². The maximum Gasteiger partial charge on any atom is 0.308 e.